The molecule has 1 aliphatic rings. The molecule has 0 aliphatic carbocycles. The fraction of sp³-hybridized carbons (Fsp3) is 0.346. The standard InChI is InChI=1S/C26H32N6O/c1-19-24(20(2)32(30-19)18-22-8-5-4-6-9-22)17-29-26(27-3)28-16-21-11-13-23(14-12-21)31-15-7-10-25(31)33/h4-6,8-9,11-14H,7,10,15-18H2,1-3H3,(H2,27,28,29). The molecular formula is C26H32N6O. The van der Waals surface area contributed by atoms with E-state index < -0.39 is 0 Å². The predicted octanol–water partition coefficient (Wildman–Crippen LogP) is 3.54. The van der Waals surface area contributed by atoms with Crippen molar-refractivity contribution in [1.29, 1.82) is 0 Å². The van der Waals surface area contributed by atoms with Crippen molar-refractivity contribution in [3.05, 3.63) is 82.7 Å². The van der Waals surface area contributed by atoms with Crippen molar-refractivity contribution in [2.75, 3.05) is 18.5 Å². The SMILES string of the molecule is CN=C(NCc1ccc(N2CCCC2=O)cc1)NCc1c(C)nn(Cc2ccccc2)c1C. The van der Waals surface area contributed by atoms with Gasteiger partial charge in [0.1, 0.15) is 0 Å². The van der Waals surface area contributed by atoms with E-state index in [0.717, 1.165) is 48.1 Å². The van der Waals surface area contributed by atoms with Crippen LogP contribution >= 0.6 is 0 Å². The number of aliphatic imine (C=N–C) groups is 1. The van der Waals surface area contributed by atoms with Crippen molar-refractivity contribution in [3.8, 4) is 0 Å². The summed E-state index contributed by atoms with van der Waals surface area (Å²) in [5, 5.41) is 11.5. The number of aryl methyl sites for hydroxylation is 1. The van der Waals surface area contributed by atoms with Crippen molar-refractivity contribution < 1.29 is 4.79 Å². The Morgan fingerprint density at radius 1 is 1.00 bits per heavy atom. The summed E-state index contributed by atoms with van der Waals surface area (Å²) in [6.07, 6.45) is 1.59. The minimum atomic E-state index is 0.211. The number of nitrogens with one attached hydrogen (secondary N) is 2. The van der Waals surface area contributed by atoms with Gasteiger partial charge in [-0.05, 0) is 43.5 Å². The molecule has 4 rings (SSSR count). The molecule has 0 spiro atoms. The van der Waals surface area contributed by atoms with Gasteiger partial charge in [-0.1, -0.05) is 42.5 Å². The van der Waals surface area contributed by atoms with Gasteiger partial charge < -0.3 is 15.5 Å². The molecule has 0 atom stereocenters. The van der Waals surface area contributed by atoms with E-state index in [9.17, 15) is 4.79 Å². The van der Waals surface area contributed by atoms with Gasteiger partial charge in [-0.15, -0.1) is 0 Å². The van der Waals surface area contributed by atoms with Crippen LogP contribution in [0.5, 0.6) is 0 Å². The second-order valence-electron chi connectivity index (χ2n) is 8.39. The summed E-state index contributed by atoms with van der Waals surface area (Å²) in [6.45, 7) is 7.05. The molecule has 7 nitrogen and oxygen atoms in total. The van der Waals surface area contributed by atoms with Gasteiger partial charge >= 0.3 is 0 Å². The van der Waals surface area contributed by atoms with Crippen molar-refractivity contribution in [1.82, 2.24) is 20.4 Å². The maximum atomic E-state index is 11.9. The maximum absolute atomic E-state index is 11.9. The summed E-state index contributed by atoms with van der Waals surface area (Å²) in [7, 11) is 1.77. The van der Waals surface area contributed by atoms with Crippen LogP contribution in [-0.2, 0) is 24.4 Å². The van der Waals surface area contributed by atoms with Gasteiger partial charge in [0.2, 0.25) is 5.91 Å². The number of amides is 1. The molecule has 0 unspecified atom stereocenters. The second kappa shape index (κ2) is 10.3. The highest BCUT2D eigenvalue weighted by molar-refractivity contribution is 5.95. The van der Waals surface area contributed by atoms with Crippen LogP contribution in [0, 0.1) is 13.8 Å². The maximum Gasteiger partial charge on any atom is 0.227 e. The highest BCUT2D eigenvalue weighted by Gasteiger charge is 2.21. The average Bonchev–Trinajstić information content (AvgIpc) is 3.37. The van der Waals surface area contributed by atoms with Gasteiger partial charge in [-0.25, -0.2) is 0 Å². The molecule has 2 aromatic carbocycles. The summed E-state index contributed by atoms with van der Waals surface area (Å²) < 4.78 is 2.06. The normalized spacial score (nSPS) is 14.1. The lowest BCUT2D eigenvalue weighted by atomic mass is 10.2. The Morgan fingerprint density at radius 2 is 1.73 bits per heavy atom. The third-order valence-electron chi connectivity index (χ3n) is 6.14. The Labute approximate surface area is 195 Å². The zero-order valence-corrected chi connectivity index (χ0v) is 19.6. The Kier molecular flexibility index (Phi) is 7.07. The second-order valence-corrected chi connectivity index (χ2v) is 8.39. The highest BCUT2D eigenvalue weighted by atomic mass is 16.2. The van der Waals surface area contributed by atoms with Gasteiger partial charge in [-0.3, -0.25) is 14.5 Å². The van der Waals surface area contributed by atoms with Crippen LogP contribution in [0.15, 0.2) is 59.6 Å². The monoisotopic (exact) mass is 444 g/mol. The van der Waals surface area contributed by atoms with Gasteiger partial charge in [0.25, 0.3) is 0 Å². The van der Waals surface area contributed by atoms with E-state index in [-0.39, 0.29) is 5.91 Å². The van der Waals surface area contributed by atoms with Gasteiger partial charge in [-0.2, -0.15) is 5.10 Å². The lowest BCUT2D eigenvalue weighted by molar-refractivity contribution is -0.117. The van der Waals surface area contributed by atoms with Gasteiger partial charge in [0.15, 0.2) is 5.96 Å². The quantitative estimate of drug-likeness (QED) is 0.432. The Balaban J connectivity index is 1.32. The molecule has 1 amide bonds. The molecular weight excluding hydrogens is 412 g/mol. The van der Waals surface area contributed by atoms with E-state index in [2.05, 4.69) is 63.6 Å². The molecule has 33 heavy (non-hydrogen) atoms. The summed E-state index contributed by atoms with van der Waals surface area (Å²) >= 11 is 0. The predicted molar refractivity (Wildman–Crippen MR) is 132 cm³/mol. The zero-order valence-electron chi connectivity index (χ0n) is 19.6. The summed E-state index contributed by atoms with van der Waals surface area (Å²) in [4.78, 5) is 18.1. The first kappa shape index (κ1) is 22.6. The molecule has 2 heterocycles. The molecule has 1 aromatic heterocycles. The van der Waals surface area contributed by atoms with E-state index in [1.807, 2.05) is 30.0 Å². The first-order valence-corrected chi connectivity index (χ1v) is 11.5. The number of benzene rings is 2. The fourth-order valence-corrected chi connectivity index (χ4v) is 4.19. The minimum absolute atomic E-state index is 0.211. The van der Waals surface area contributed by atoms with Crippen LogP contribution < -0.4 is 15.5 Å². The number of guanidine groups is 1. The van der Waals surface area contributed by atoms with Crippen LogP contribution in [0.3, 0.4) is 0 Å². The number of nitrogens with zero attached hydrogens (tertiary/aromatic N) is 4. The zero-order chi connectivity index (χ0) is 23.2. The molecule has 0 radical (unpaired) electrons. The Hall–Kier alpha value is -3.61. The number of hydrogen-bond donors (Lipinski definition) is 2. The van der Waals surface area contributed by atoms with Crippen LogP contribution in [0.1, 0.15) is 40.9 Å². The number of carbonyl (C=O) groups excluding carboxylic acids is 1. The summed E-state index contributed by atoms with van der Waals surface area (Å²) in [5.74, 6) is 0.951. The topological polar surface area (TPSA) is 74.6 Å². The smallest absolute Gasteiger partial charge is 0.227 e. The average molecular weight is 445 g/mol. The van der Waals surface area contributed by atoms with Crippen LogP contribution in [-0.4, -0.2) is 35.2 Å². The minimum Gasteiger partial charge on any atom is -0.352 e. The van der Waals surface area contributed by atoms with E-state index in [1.165, 1.54) is 11.1 Å². The number of anilines is 1. The number of hydrogen-bond acceptors (Lipinski definition) is 3. The van der Waals surface area contributed by atoms with Crippen LogP contribution in [0.2, 0.25) is 0 Å². The molecule has 1 saturated heterocycles. The van der Waals surface area contributed by atoms with Crippen molar-refractivity contribution >= 4 is 17.6 Å². The molecule has 0 bridgehead atoms. The van der Waals surface area contributed by atoms with Crippen molar-refractivity contribution in [3.63, 3.8) is 0 Å². The molecule has 1 fully saturated rings. The van der Waals surface area contributed by atoms with E-state index in [0.29, 0.717) is 19.5 Å². The molecule has 2 N–H and O–H groups in total. The summed E-state index contributed by atoms with van der Waals surface area (Å²) in [6, 6.07) is 18.5. The molecule has 1 aliphatic heterocycles. The van der Waals surface area contributed by atoms with Crippen molar-refractivity contribution in [2.45, 2.75) is 46.3 Å². The molecule has 0 saturated carbocycles. The Bertz CT molecular complexity index is 1120. The number of carbonyl (C=O) groups is 1. The highest BCUT2D eigenvalue weighted by Crippen LogP contribution is 2.21. The van der Waals surface area contributed by atoms with E-state index >= 15 is 0 Å². The van der Waals surface area contributed by atoms with Gasteiger partial charge in [0, 0.05) is 50.0 Å². The fourth-order valence-electron chi connectivity index (χ4n) is 4.19. The number of aromatic nitrogens is 2. The molecule has 3 aromatic rings. The molecule has 172 valence electrons. The first-order valence-electron chi connectivity index (χ1n) is 11.5. The first-order chi connectivity index (χ1) is 16.0. The third kappa shape index (κ3) is 5.42. The van der Waals surface area contributed by atoms with Gasteiger partial charge in [0.05, 0.1) is 12.2 Å². The largest absolute Gasteiger partial charge is 0.352 e. The third-order valence-corrected chi connectivity index (χ3v) is 6.14. The lowest BCUT2D eigenvalue weighted by Crippen LogP contribution is -2.36. The molecule has 7 heteroatoms. The van der Waals surface area contributed by atoms with Crippen LogP contribution in [0.25, 0.3) is 0 Å². The summed E-state index contributed by atoms with van der Waals surface area (Å²) in [5.41, 5.74) is 6.72. The van der Waals surface area contributed by atoms with Crippen LogP contribution in [0.4, 0.5) is 5.69 Å². The lowest BCUT2D eigenvalue weighted by Gasteiger charge is -2.16. The Morgan fingerprint density at radius 3 is 2.39 bits per heavy atom. The number of rotatable bonds is 7. The van der Waals surface area contributed by atoms with E-state index in [1.54, 1.807) is 7.05 Å². The van der Waals surface area contributed by atoms with Crippen molar-refractivity contribution in [2.24, 2.45) is 4.99 Å². The van der Waals surface area contributed by atoms with E-state index in [4.69, 9.17) is 5.10 Å².